The van der Waals surface area contributed by atoms with E-state index in [-0.39, 0.29) is 12.2 Å². The maximum atomic E-state index is 12.4. The van der Waals surface area contributed by atoms with Crippen LogP contribution in [0.4, 0.5) is 0 Å². The molecule has 2 rings (SSSR count). The first kappa shape index (κ1) is 14.9. The summed E-state index contributed by atoms with van der Waals surface area (Å²) in [5.74, 6) is 1.86. The Labute approximate surface area is 124 Å². The zero-order chi connectivity index (χ0) is 15.2. The van der Waals surface area contributed by atoms with Crippen molar-refractivity contribution in [1.29, 1.82) is 0 Å². The lowest BCUT2D eigenvalue weighted by Gasteiger charge is -2.10. The number of hydrogen-bond donors (Lipinski definition) is 0. The molecule has 0 amide bonds. The summed E-state index contributed by atoms with van der Waals surface area (Å²) in [4.78, 5) is 12.4. The molecule has 0 saturated carbocycles. The summed E-state index contributed by atoms with van der Waals surface area (Å²) >= 11 is 0. The van der Waals surface area contributed by atoms with Crippen LogP contribution in [0, 0.1) is 0 Å². The van der Waals surface area contributed by atoms with Crippen molar-refractivity contribution in [2.75, 3.05) is 21.3 Å². The molecule has 21 heavy (non-hydrogen) atoms. The van der Waals surface area contributed by atoms with Gasteiger partial charge in [0.25, 0.3) is 0 Å². The third kappa shape index (κ3) is 3.34. The van der Waals surface area contributed by atoms with Crippen molar-refractivity contribution in [2.45, 2.75) is 6.42 Å². The van der Waals surface area contributed by atoms with Crippen LogP contribution in [-0.4, -0.2) is 27.1 Å². The number of Topliss-reactive ketones (excluding diaryl/α,β-unsaturated/α-hetero) is 1. The summed E-state index contributed by atoms with van der Waals surface area (Å²) in [6.45, 7) is 0. The first-order valence-electron chi connectivity index (χ1n) is 6.56. The van der Waals surface area contributed by atoms with Crippen molar-refractivity contribution in [3.8, 4) is 17.2 Å². The van der Waals surface area contributed by atoms with Crippen molar-refractivity contribution in [2.24, 2.45) is 0 Å². The average molecular weight is 286 g/mol. The van der Waals surface area contributed by atoms with Gasteiger partial charge in [0.15, 0.2) is 17.3 Å². The fourth-order valence-electron chi connectivity index (χ4n) is 2.13. The SMILES string of the molecule is COc1ccccc1CC(=O)c1ccc(OC)c(OC)c1. The molecule has 0 unspecified atom stereocenters. The molecule has 4 heteroatoms. The summed E-state index contributed by atoms with van der Waals surface area (Å²) in [7, 11) is 4.71. The minimum Gasteiger partial charge on any atom is -0.496 e. The Hall–Kier alpha value is -2.49. The molecule has 0 heterocycles. The Balaban J connectivity index is 2.24. The topological polar surface area (TPSA) is 44.8 Å². The number of benzene rings is 2. The fraction of sp³-hybridized carbons (Fsp3) is 0.235. The van der Waals surface area contributed by atoms with Gasteiger partial charge in [0.2, 0.25) is 0 Å². The standard InChI is InChI=1S/C17H18O4/c1-19-15-7-5-4-6-13(15)10-14(18)12-8-9-16(20-2)17(11-12)21-3/h4-9,11H,10H2,1-3H3. The van der Waals surface area contributed by atoms with Crippen molar-refractivity contribution >= 4 is 5.78 Å². The molecule has 2 aromatic carbocycles. The van der Waals surface area contributed by atoms with Gasteiger partial charge in [0.05, 0.1) is 21.3 Å². The van der Waals surface area contributed by atoms with E-state index < -0.39 is 0 Å². The number of rotatable bonds is 6. The van der Waals surface area contributed by atoms with Gasteiger partial charge < -0.3 is 14.2 Å². The van der Waals surface area contributed by atoms with E-state index in [2.05, 4.69) is 0 Å². The monoisotopic (exact) mass is 286 g/mol. The van der Waals surface area contributed by atoms with E-state index in [1.807, 2.05) is 24.3 Å². The Bertz CT molecular complexity index is 634. The molecule has 0 spiro atoms. The molecule has 0 saturated heterocycles. The Kier molecular flexibility index (Phi) is 4.82. The van der Waals surface area contributed by atoms with Gasteiger partial charge in [-0.15, -0.1) is 0 Å². The second-order valence-corrected chi connectivity index (χ2v) is 4.48. The predicted octanol–water partition coefficient (Wildman–Crippen LogP) is 3.14. The van der Waals surface area contributed by atoms with E-state index in [0.717, 1.165) is 5.56 Å². The number of methoxy groups -OCH3 is 3. The minimum absolute atomic E-state index is 0.000420. The lowest BCUT2D eigenvalue weighted by atomic mass is 10.0. The molecule has 0 fully saturated rings. The zero-order valence-electron chi connectivity index (χ0n) is 12.4. The Morgan fingerprint density at radius 3 is 2.19 bits per heavy atom. The zero-order valence-corrected chi connectivity index (χ0v) is 12.4. The summed E-state index contributed by atoms with van der Waals surface area (Å²) in [6.07, 6.45) is 0.277. The van der Waals surface area contributed by atoms with Gasteiger partial charge in [-0.05, 0) is 24.3 Å². The van der Waals surface area contributed by atoms with Crippen LogP contribution in [0.5, 0.6) is 17.2 Å². The number of carbonyl (C=O) groups excluding carboxylic acids is 1. The highest BCUT2D eigenvalue weighted by Crippen LogP contribution is 2.28. The number of ketones is 1. The van der Waals surface area contributed by atoms with Crippen molar-refractivity contribution in [3.05, 3.63) is 53.6 Å². The quantitative estimate of drug-likeness (QED) is 0.765. The minimum atomic E-state index is 0.000420. The van der Waals surface area contributed by atoms with Gasteiger partial charge in [0.1, 0.15) is 5.75 Å². The molecule has 0 bridgehead atoms. The van der Waals surface area contributed by atoms with Gasteiger partial charge in [-0.25, -0.2) is 0 Å². The highest BCUT2D eigenvalue weighted by atomic mass is 16.5. The van der Waals surface area contributed by atoms with E-state index in [9.17, 15) is 4.79 Å². The fourth-order valence-corrected chi connectivity index (χ4v) is 2.13. The Morgan fingerprint density at radius 1 is 0.857 bits per heavy atom. The van der Waals surface area contributed by atoms with Crippen molar-refractivity contribution in [3.63, 3.8) is 0 Å². The first-order chi connectivity index (χ1) is 10.2. The summed E-state index contributed by atoms with van der Waals surface area (Å²) in [6, 6.07) is 12.7. The maximum absolute atomic E-state index is 12.4. The van der Waals surface area contributed by atoms with Crippen LogP contribution in [0.25, 0.3) is 0 Å². The molecule has 0 aliphatic rings. The Morgan fingerprint density at radius 2 is 1.52 bits per heavy atom. The highest BCUT2D eigenvalue weighted by molar-refractivity contribution is 5.98. The molecule has 2 aromatic rings. The second kappa shape index (κ2) is 6.79. The van der Waals surface area contributed by atoms with E-state index in [1.54, 1.807) is 39.5 Å². The second-order valence-electron chi connectivity index (χ2n) is 4.48. The molecule has 4 nitrogen and oxygen atoms in total. The summed E-state index contributed by atoms with van der Waals surface area (Å²) in [5, 5.41) is 0. The van der Waals surface area contributed by atoms with Gasteiger partial charge in [-0.2, -0.15) is 0 Å². The van der Waals surface area contributed by atoms with Crippen LogP contribution in [0.15, 0.2) is 42.5 Å². The molecule has 0 atom stereocenters. The van der Waals surface area contributed by atoms with Crippen LogP contribution in [0.1, 0.15) is 15.9 Å². The van der Waals surface area contributed by atoms with Crippen LogP contribution < -0.4 is 14.2 Å². The first-order valence-corrected chi connectivity index (χ1v) is 6.56. The van der Waals surface area contributed by atoms with Gasteiger partial charge in [-0.3, -0.25) is 4.79 Å². The van der Waals surface area contributed by atoms with Crippen LogP contribution in [0.2, 0.25) is 0 Å². The summed E-state index contributed by atoms with van der Waals surface area (Å²) < 4.78 is 15.7. The number of para-hydroxylation sites is 1. The summed E-state index contributed by atoms with van der Waals surface area (Å²) in [5.41, 5.74) is 1.44. The smallest absolute Gasteiger partial charge is 0.167 e. The normalized spacial score (nSPS) is 10.0. The number of carbonyl (C=O) groups is 1. The highest BCUT2D eigenvalue weighted by Gasteiger charge is 2.13. The van der Waals surface area contributed by atoms with Gasteiger partial charge >= 0.3 is 0 Å². The maximum Gasteiger partial charge on any atom is 0.167 e. The average Bonchev–Trinajstić information content (AvgIpc) is 2.54. The van der Waals surface area contributed by atoms with E-state index in [0.29, 0.717) is 22.8 Å². The molecule has 110 valence electrons. The third-order valence-electron chi connectivity index (χ3n) is 3.25. The van der Waals surface area contributed by atoms with Crippen LogP contribution in [0.3, 0.4) is 0 Å². The van der Waals surface area contributed by atoms with E-state index in [1.165, 1.54) is 0 Å². The van der Waals surface area contributed by atoms with Crippen molar-refractivity contribution < 1.29 is 19.0 Å². The molecule has 0 aliphatic carbocycles. The number of ether oxygens (including phenoxy) is 3. The molecular formula is C17H18O4. The van der Waals surface area contributed by atoms with Gasteiger partial charge in [-0.1, -0.05) is 18.2 Å². The number of hydrogen-bond acceptors (Lipinski definition) is 4. The largest absolute Gasteiger partial charge is 0.496 e. The van der Waals surface area contributed by atoms with Crippen LogP contribution in [-0.2, 0) is 6.42 Å². The van der Waals surface area contributed by atoms with Crippen molar-refractivity contribution in [1.82, 2.24) is 0 Å². The molecule has 0 radical (unpaired) electrons. The van der Waals surface area contributed by atoms with Crippen LogP contribution >= 0.6 is 0 Å². The van der Waals surface area contributed by atoms with E-state index in [4.69, 9.17) is 14.2 Å². The lowest BCUT2D eigenvalue weighted by Crippen LogP contribution is -2.05. The molecule has 0 aliphatic heterocycles. The third-order valence-corrected chi connectivity index (χ3v) is 3.25. The van der Waals surface area contributed by atoms with Gasteiger partial charge in [0, 0.05) is 17.5 Å². The molecule has 0 N–H and O–H groups in total. The predicted molar refractivity (Wildman–Crippen MR) is 80.6 cm³/mol. The molecular weight excluding hydrogens is 268 g/mol. The van der Waals surface area contributed by atoms with E-state index >= 15 is 0 Å². The molecule has 0 aromatic heterocycles. The lowest BCUT2D eigenvalue weighted by molar-refractivity contribution is 0.0991.